The fourth-order valence-corrected chi connectivity index (χ4v) is 3.82. The summed E-state index contributed by atoms with van der Waals surface area (Å²) < 4.78 is 17.0. The number of aryl methyl sites for hydroxylation is 1. The standard InChI is InChI=1S/C22H19FN6O/c1-13-10-15(27-29(13)16-8-6-14(23)7-9-16)11-28-19(12-30)26-20-21(28)17-4-2-3-5-18(17)25-22(20)24/h2-10,30H,11-12H2,1H3,(H2,24,25). The van der Waals surface area contributed by atoms with Gasteiger partial charge in [-0.3, -0.25) is 0 Å². The molecule has 0 saturated heterocycles. The van der Waals surface area contributed by atoms with Crippen molar-refractivity contribution in [3.05, 3.63) is 77.6 Å². The Bertz CT molecular complexity index is 1390. The predicted octanol–water partition coefficient (Wildman–Crippen LogP) is 3.34. The molecule has 3 heterocycles. The average Bonchev–Trinajstić information content (AvgIpc) is 3.30. The van der Waals surface area contributed by atoms with Crippen LogP contribution in [0, 0.1) is 12.7 Å². The molecule has 0 bridgehead atoms. The van der Waals surface area contributed by atoms with Crippen LogP contribution in [0.3, 0.4) is 0 Å². The molecule has 0 aliphatic rings. The summed E-state index contributed by atoms with van der Waals surface area (Å²) in [5.41, 5.74) is 10.8. The summed E-state index contributed by atoms with van der Waals surface area (Å²) in [6.07, 6.45) is 0. The summed E-state index contributed by atoms with van der Waals surface area (Å²) in [6.45, 7) is 2.10. The topological polar surface area (TPSA) is 94.8 Å². The molecule has 2 aromatic carbocycles. The van der Waals surface area contributed by atoms with Gasteiger partial charge in [0.15, 0.2) is 5.82 Å². The number of benzene rings is 2. The largest absolute Gasteiger partial charge is 0.388 e. The molecule has 0 spiro atoms. The first-order valence-electron chi connectivity index (χ1n) is 9.51. The van der Waals surface area contributed by atoms with E-state index in [9.17, 15) is 9.50 Å². The van der Waals surface area contributed by atoms with E-state index in [1.54, 1.807) is 16.8 Å². The summed E-state index contributed by atoms with van der Waals surface area (Å²) in [6, 6.07) is 15.8. The number of nitrogens with two attached hydrogens (primary N) is 1. The maximum atomic E-state index is 13.3. The Kier molecular flexibility index (Phi) is 4.22. The number of imidazole rings is 1. The molecule has 0 unspecified atom stereocenters. The molecule has 8 heteroatoms. The van der Waals surface area contributed by atoms with Gasteiger partial charge in [-0.25, -0.2) is 19.0 Å². The third-order valence-electron chi connectivity index (χ3n) is 5.16. The van der Waals surface area contributed by atoms with Crippen LogP contribution < -0.4 is 5.73 Å². The highest BCUT2D eigenvalue weighted by molar-refractivity contribution is 6.06. The Hall–Kier alpha value is -3.78. The van der Waals surface area contributed by atoms with Gasteiger partial charge < -0.3 is 15.4 Å². The molecule has 5 rings (SSSR count). The van der Waals surface area contributed by atoms with E-state index in [-0.39, 0.29) is 12.4 Å². The third-order valence-corrected chi connectivity index (χ3v) is 5.16. The number of aliphatic hydroxyl groups is 1. The van der Waals surface area contributed by atoms with Gasteiger partial charge in [-0.05, 0) is 43.3 Å². The monoisotopic (exact) mass is 402 g/mol. The summed E-state index contributed by atoms with van der Waals surface area (Å²) in [5.74, 6) is 0.522. The molecule has 5 aromatic rings. The molecule has 3 N–H and O–H groups in total. The van der Waals surface area contributed by atoms with Crippen LogP contribution in [-0.4, -0.2) is 29.4 Å². The molecule has 150 valence electrons. The van der Waals surface area contributed by atoms with Crippen molar-refractivity contribution in [3.63, 3.8) is 0 Å². The van der Waals surface area contributed by atoms with E-state index in [0.717, 1.165) is 33.5 Å². The van der Waals surface area contributed by atoms with Crippen LogP contribution in [0.2, 0.25) is 0 Å². The van der Waals surface area contributed by atoms with Crippen LogP contribution in [0.4, 0.5) is 10.2 Å². The smallest absolute Gasteiger partial charge is 0.152 e. The second-order valence-electron chi connectivity index (χ2n) is 7.15. The van der Waals surface area contributed by atoms with Gasteiger partial charge in [0.05, 0.1) is 29.0 Å². The zero-order valence-electron chi connectivity index (χ0n) is 16.2. The SMILES string of the molecule is Cc1cc(Cn2c(CO)nc3c(N)nc4ccccc4c32)nn1-c1ccc(F)cc1. The number of anilines is 1. The normalized spacial score (nSPS) is 11.6. The first kappa shape index (κ1) is 18.3. The molecule has 7 nitrogen and oxygen atoms in total. The van der Waals surface area contributed by atoms with Crippen molar-refractivity contribution in [2.24, 2.45) is 0 Å². The summed E-state index contributed by atoms with van der Waals surface area (Å²) in [4.78, 5) is 8.96. The van der Waals surface area contributed by atoms with E-state index in [2.05, 4.69) is 15.1 Å². The Balaban J connectivity index is 1.66. The van der Waals surface area contributed by atoms with Crippen LogP contribution in [0.1, 0.15) is 17.2 Å². The lowest BCUT2D eigenvalue weighted by Gasteiger charge is -2.08. The van der Waals surface area contributed by atoms with Gasteiger partial charge in [-0.1, -0.05) is 18.2 Å². The van der Waals surface area contributed by atoms with Gasteiger partial charge in [0, 0.05) is 11.1 Å². The number of hydrogen-bond donors (Lipinski definition) is 2. The fourth-order valence-electron chi connectivity index (χ4n) is 3.82. The number of halogens is 1. The molecular weight excluding hydrogens is 383 g/mol. The maximum Gasteiger partial charge on any atom is 0.152 e. The summed E-state index contributed by atoms with van der Waals surface area (Å²) in [5, 5.41) is 15.5. The van der Waals surface area contributed by atoms with Crippen molar-refractivity contribution < 1.29 is 9.50 Å². The second kappa shape index (κ2) is 6.93. The van der Waals surface area contributed by atoms with E-state index in [0.29, 0.717) is 23.7 Å². The van der Waals surface area contributed by atoms with E-state index in [1.807, 2.05) is 41.8 Å². The second-order valence-corrected chi connectivity index (χ2v) is 7.15. The van der Waals surface area contributed by atoms with Crippen molar-refractivity contribution in [2.75, 3.05) is 5.73 Å². The van der Waals surface area contributed by atoms with Gasteiger partial charge in [0.2, 0.25) is 0 Å². The molecule has 30 heavy (non-hydrogen) atoms. The number of hydrogen-bond acceptors (Lipinski definition) is 5. The molecule has 0 aliphatic carbocycles. The van der Waals surface area contributed by atoms with Gasteiger partial charge in [0.25, 0.3) is 0 Å². The van der Waals surface area contributed by atoms with Crippen molar-refractivity contribution in [1.29, 1.82) is 0 Å². The van der Waals surface area contributed by atoms with Crippen molar-refractivity contribution in [1.82, 2.24) is 24.3 Å². The molecule has 3 aromatic heterocycles. The van der Waals surface area contributed by atoms with Crippen molar-refractivity contribution >= 4 is 27.8 Å². The fraction of sp³-hybridized carbons (Fsp3) is 0.136. The zero-order valence-corrected chi connectivity index (χ0v) is 16.2. The van der Waals surface area contributed by atoms with Crippen LogP contribution in [-0.2, 0) is 13.2 Å². The van der Waals surface area contributed by atoms with Gasteiger partial charge in [0.1, 0.15) is 23.8 Å². The Labute approximate surface area is 171 Å². The Morgan fingerprint density at radius 1 is 1.07 bits per heavy atom. The summed E-state index contributed by atoms with van der Waals surface area (Å²) >= 11 is 0. The summed E-state index contributed by atoms with van der Waals surface area (Å²) in [7, 11) is 0. The highest BCUT2D eigenvalue weighted by Crippen LogP contribution is 2.29. The molecule has 0 radical (unpaired) electrons. The third kappa shape index (κ3) is 2.89. The van der Waals surface area contributed by atoms with Crippen LogP contribution >= 0.6 is 0 Å². The predicted molar refractivity (Wildman–Crippen MR) is 113 cm³/mol. The number of pyridine rings is 1. The minimum Gasteiger partial charge on any atom is -0.388 e. The Morgan fingerprint density at radius 2 is 1.83 bits per heavy atom. The molecule has 0 fully saturated rings. The number of nitrogen functional groups attached to an aromatic ring is 1. The van der Waals surface area contributed by atoms with Gasteiger partial charge in [-0.15, -0.1) is 0 Å². The average molecular weight is 402 g/mol. The number of rotatable bonds is 4. The first-order chi connectivity index (χ1) is 14.5. The van der Waals surface area contributed by atoms with Crippen LogP contribution in [0.25, 0.3) is 27.6 Å². The van der Waals surface area contributed by atoms with Crippen molar-refractivity contribution in [2.45, 2.75) is 20.1 Å². The zero-order chi connectivity index (χ0) is 20.8. The maximum absolute atomic E-state index is 13.3. The quantitative estimate of drug-likeness (QED) is 0.481. The van der Waals surface area contributed by atoms with E-state index in [4.69, 9.17) is 5.73 Å². The number of aromatic nitrogens is 5. The van der Waals surface area contributed by atoms with Crippen molar-refractivity contribution in [3.8, 4) is 5.69 Å². The molecular formula is C22H19FN6O. The Morgan fingerprint density at radius 3 is 2.60 bits per heavy atom. The van der Waals surface area contributed by atoms with E-state index >= 15 is 0 Å². The van der Waals surface area contributed by atoms with Crippen LogP contribution in [0.15, 0.2) is 54.6 Å². The number of fused-ring (bicyclic) bond motifs is 3. The van der Waals surface area contributed by atoms with E-state index in [1.165, 1.54) is 12.1 Å². The molecule has 0 saturated carbocycles. The first-order valence-corrected chi connectivity index (χ1v) is 9.51. The lowest BCUT2D eigenvalue weighted by Crippen LogP contribution is -2.07. The molecule has 0 amide bonds. The lowest BCUT2D eigenvalue weighted by atomic mass is 10.2. The highest BCUT2D eigenvalue weighted by Gasteiger charge is 2.18. The number of aliphatic hydroxyl groups excluding tert-OH is 1. The van der Waals surface area contributed by atoms with Gasteiger partial charge >= 0.3 is 0 Å². The lowest BCUT2D eigenvalue weighted by molar-refractivity contribution is 0.267. The van der Waals surface area contributed by atoms with E-state index < -0.39 is 0 Å². The number of nitrogens with zero attached hydrogens (tertiary/aromatic N) is 5. The minimum atomic E-state index is -0.292. The van der Waals surface area contributed by atoms with Crippen LogP contribution in [0.5, 0.6) is 0 Å². The highest BCUT2D eigenvalue weighted by atomic mass is 19.1. The van der Waals surface area contributed by atoms with Gasteiger partial charge in [-0.2, -0.15) is 5.10 Å². The molecule has 0 atom stereocenters. The molecule has 0 aliphatic heterocycles. The number of para-hydroxylation sites is 1. The minimum absolute atomic E-state index is 0.236.